The number of carbonyl (C=O) groups excluding carboxylic acids is 2. The minimum atomic E-state index is -0.670. The molecule has 0 bridgehead atoms. The summed E-state index contributed by atoms with van der Waals surface area (Å²) in [6, 6.07) is 9.13. The summed E-state index contributed by atoms with van der Waals surface area (Å²) in [4.78, 5) is 38.5. The highest BCUT2D eigenvalue weighted by molar-refractivity contribution is 6.44. The minimum Gasteiger partial charge on any atom is -0.476 e. The lowest BCUT2D eigenvalue weighted by atomic mass is 10.1. The van der Waals surface area contributed by atoms with Crippen LogP contribution in [0.1, 0.15) is 16.2 Å². The third-order valence-electron chi connectivity index (χ3n) is 4.81. The van der Waals surface area contributed by atoms with Gasteiger partial charge in [-0.2, -0.15) is 4.98 Å². The Labute approximate surface area is 173 Å². The quantitative estimate of drug-likeness (QED) is 0.346. The average Bonchev–Trinajstić information content (AvgIpc) is 3.20. The Kier molecular flexibility index (Phi) is 5.89. The molecule has 1 aliphatic rings. The number of Topliss-reactive ketones (excluding diaryl/α,β-unsaturated/α-hetero) is 1. The number of ether oxygens (including phenoxy) is 2. The molecular formula is C21H23N5O4. The van der Waals surface area contributed by atoms with E-state index in [2.05, 4.69) is 25.2 Å². The third kappa shape index (κ3) is 4.41. The molecule has 0 unspecified atom stereocenters. The molecule has 0 atom stereocenters. The van der Waals surface area contributed by atoms with Crippen molar-refractivity contribution in [3.05, 3.63) is 47.9 Å². The summed E-state index contributed by atoms with van der Waals surface area (Å²) in [5, 5.41) is 3.32. The van der Waals surface area contributed by atoms with Crippen molar-refractivity contribution in [2.45, 2.75) is 6.92 Å². The molecule has 156 valence electrons. The number of hydrogen-bond donors (Lipinski definition) is 2. The van der Waals surface area contributed by atoms with Gasteiger partial charge >= 0.3 is 0 Å². The molecule has 2 N–H and O–H groups in total. The summed E-state index contributed by atoms with van der Waals surface area (Å²) >= 11 is 0. The molecule has 0 spiro atoms. The van der Waals surface area contributed by atoms with Crippen LogP contribution in [0.15, 0.2) is 36.5 Å². The first kappa shape index (κ1) is 19.8. The highest BCUT2D eigenvalue weighted by atomic mass is 16.5. The van der Waals surface area contributed by atoms with Crippen molar-refractivity contribution in [1.82, 2.24) is 20.3 Å². The molecule has 3 aromatic rings. The summed E-state index contributed by atoms with van der Waals surface area (Å²) in [6.45, 7) is 5.03. The summed E-state index contributed by atoms with van der Waals surface area (Å²) in [5.74, 6) is 0.573. The van der Waals surface area contributed by atoms with E-state index in [4.69, 9.17) is 9.47 Å². The van der Waals surface area contributed by atoms with Gasteiger partial charge in [0.2, 0.25) is 5.88 Å². The van der Waals surface area contributed by atoms with Crippen LogP contribution in [0.5, 0.6) is 5.88 Å². The number of amides is 1. The van der Waals surface area contributed by atoms with Crippen molar-refractivity contribution in [3.63, 3.8) is 0 Å². The van der Waals surface area contributed by atoms with Gasteiger partial charge in [-0.3, -0.25) is 9.59 Å². The van der Waals surface area contributed by atoms with Crippen molar-refractivity contribution in [1.29, 1.82) is 0 Å². The zero-order valence-corrected chi connectivity index (χ0v) is 16.7. The molecule has 9 nitrogen and oxygen atoms in total. The first-order valence-electron chi connectivity index (χ1n) is 9.81. The van der Waals surface area contributed by atoms with Crippen LogP contribution in [0, 0.1) is 6.92 Å². The highest BCUT2D eigenvalue weighted by Gasteiger charge is 2.19. The third-order valence-corrected chi connectivity index (χ3v) is 4.81. The summed E-state index contributed by atoms with van der Waals surface area (Å²) in [5.41, 5.74) is 1.16. The van der Waals surface area contributed by atoms with Gasteiger partial charge in [-0.1, -0.05) is 18.2 Å². The number of para-hydroxylation sites is 1. The molecule has 30 heavy (non-hydrogen) atoms. The molecule has 1 aromatic carbocycles. The Morgan fingerprint density at radius 3 is 2.87 bits per heavy atom. The van der Waals surface area contributed by atoms with E-state index < -0.39 is 11.7 Å². The van der Waals surface area contributed by atoms with E-state index in [-0.39, 0.29) is 13.2 Å². The number of fused-ring (bicyclic) bond motifs is 1. The van der Waals surface area contributed by atoms with Crippen LogP contribution >= 0.6 is 0 Å². The summed E-state index contributed by atoms with van der Waals surface area (Å²) < 4.78 is 11.0. The van der Waals surface area contributed by atoms with Crippen LogP contribution in [-0.4, -0.2) is 66.1 Å². The fourth-order valence-electron chi connectivity index (χ4n) is 3.34. The fraction of sp³-hybridized carbons (Fsp3) is 0.333. The summed E-state index contributed by atoms with van der Waals surface area (Å²) in [7, 11) is 0. The maximum absolute atomic E-state index is 12.4. The van der Waals surface area contributed by atoms with Crippen LogP contribution < -0.4 is 15.0 Å². The molecular weight excluding hydrogens is 386 g/mol. The van der Waals surface area contributed by atoms with Crippen molar-refractivity contribution in [3.8, 4) is 5.88 Å². The molecule has 2 aromatic heterocycles. The standard InChI is InChI=1S/C21H23N5O4/c1-14-24-18(26-7-10-29-11-8-26)12-19(25-14)30-9-6-22-21(28)20(27)16-13-23-17-5-3-2-4-15(16)17/h2-5,12-13,23H,6-11H2,1H3,(H,22,28). The maximum Gasteiger partial charge on any atom is 0.292 e. The number of benzene rings is 1. The number of anilines is 1. The number of carbonyl (C=O) groups is 2. The number of nitrogens with one attached hydrogen (secondary N) is 2. The van der Waals surface area contributed by atoms with Gasteiger partial charge in [0.15, 0.2) is 0 Å². The maximum atomic E-state index is 12.4. The minimum absolute atomic E-state index is 0.183. The average molecular weight is 409 g/mol. The second kappa shape index (κ2) is 8.91. The van der Waals surface area contributed by atoms with Crippen molar-refractivity contribution in [2.24, 2.45) is 0 Å². The zero-order chi connectivity index (χ0) is 20.9. The number of aromatic nitrogens is 3. The molecule has 1 fully saturated rings. The van der Waals surface area contributed by atoms with Crippen LogP contribution in [0.2, 0.25) is 0 Å². The van der Waals surface area contributed by atoms with E-state index >= 15 is 0 Å². The lowest BCUT2D eigenvalue weighted by Gasteiger charge is -2.28. The molecule has 3 heterocycles. The highest BCUT2D eigenvalue weighted by Crippen LogP contribution is 2.19. The Hall–Kier alpha value is -3.46. The van der Waals surface area contributed by atoms with Crippen LogP contribution in [0.25, 0.3) is 10.9 Å². The molecule has 9 heteroatoms. The number of aromatic amines is 1. The zero-order valence-electron chi connectivity index (χ0n) is 16.7. The number of aryl methyl sites for hydroxylation is 1. The van der Waals surface area contributed by atoms with Crippen LogP contribution in [-0.2, 0) is 9.53 Å². The second-order valence-electron chi connectivity index (χ2n) is 6.89. The number of rotatable bonds is 7. The van der Waals surface area contributed by atoms with Crippen molar-refractivity contribution in [2.75, 3.05) is 44.4 Å². The lowest BCUT2D eigenvalue weighted by Crippen LogP contribution is -2.37. The largest absolute Gasteiger partial charge is 0.476 e. The monoisotopic (exact) mass is 409 g/mol. The number of H-pyrrole nitrogens is 1. The van der Waals surface area contributed by atoms with Gasteiger partial charge in [-0.25, -0.2) is 4.98 Å². The van der Waals surface area contributed by atoms with E-state index in [1.807, 2.05) is 18.2 Å². The Morgan fingerprint density at radius 2 is 2.03 bits per heavy atom. The van der Waals surface area contributed by atoms with E-state index in [0.717, 1.165) is 29.8 Å². The number of ketones is 1. The van der Waals surface area contributed by atoms with Gasteiger partial charge in [0.25, 0.3) is 11.7 Å². The van der Waals surface area contributed by atoms with Gasteiger partial charge < -0.3 is 24.7 Å². The molecule has 1 aliphatic heterocycles. The van der Waals surface area contributed by atoms with Crippen LogP contribution in [0.4, 0.5) is 5.82 Å². The molecule has 0 saturated carbocycles. The summed E-state index contributed by atoms with van der Waals surface area (Å²) in [6.07, 6.45) is 1.56. The first-order chi connectivity index (χ1) is 14.6. The Balaban J connectivity index is 1.31. The van der Waals surface area contributed by atoms with Crippen molar-refractivity contribution >= 4 is 28.4 Å². The van der Waals surface area contributed by atoms with Gasteiger partial charge in [0.05, 0.1) is 25.3 Å². The van der Waals surface area contributed by atoms with Gasteiger partial charge in [0.1, 0.15) is 18.2 Å². The molecule has 1 saturated heterocycles. The lowest BCUT2D eigenvalue weighted by molar-refractivity contribution is -0.117. The topological polar surface area (TPSA) is 109 Å². The second-order valence-corrected chi connectivity index (χ2v) is 6.89. The first-order valence-corrected chi connectivity index (χ1v) is 9.81. The van der Waals surface area contributed by atoms with Gasteiger partial charge in [-0.05, 0) is 13.0 Å². The van der Waals surface area contributed by atoms with E-state index in [9.17, 15) is 9.59 Å². The normalized spacial score (nSPS) is 14.0. The molecule has 4 rings (SSSR count). The fourth-order valence-corrected chi connectivity index (χ4v) is 3.34. The Bertz CT molecular complexity index is 1060. The van der Waals surface area contributed by atoms with Crippen molar-refractivity contribution < 1.29 is 19.1 Å². The molecule has 0 aliphatic carbocycles. The number of morpholine rings is 1. The van der Waals surface area contributed by atoms with Gasteiger partial charge in [-0.15, -0.1) is 0 Å². The predicted molar refractivity (Wildman–Crippen MR) is 111 cm³/mol. The SMILES string of the molecule is Cc1nc(OCCNC(=O)C(=O)c2c[nH]c3ccccc23)cc(N2CCOCC2)n1. The van der Waals surface area contributed by atoms with Crippen LogP contribution in [0.3, 0.4) is 0 Å². The molecule has 0 radical (unpaired) electrons. The predicted octanol–water partition coefficient (Wildman–Crippen LogP) is 1.48. The molecule has 1 amide bonds. The Morgan fingerprint density at radius 1 is 1.23 bits per heavy atom. The van der Waals surface area contributed by atoms with Gasteiger partial charge in [0, 0.05) is 36.3 Å². The number of hydrogen-bond acceptors (Lipinski definition) is 7. The van der Waals surface area contributed by atoms with E-state index in [1.54, 1.807) is 25.3 Å². The smallest absolute Gasteiger partial charge is 0.292 e. The number of nitrogens with zero attached hydrogens (tertiary/aromatic N) is 3. The van der Waals surface area contributed by atoms with E-state index in [0.29, 0.717) is 30.5 Å². The van der Waals surface area contributed by atoms with E-state index in [1.165, 1.54) is 0 Å².